The normalized spacial score (nSPS) is 6.50. The van der Waals surface area contributed by atoms with Crippen LogP contribution >= 0.6 is 35.2 Å². The van der Waals surface area contributed by atoms with E-state index in [9.17, 15) is 0 Å². The van der Waals surface area contributed by atoms with Crippen molar-refractivity contribution in [3.05, 3.63) is 0 Å². The second-order valence-corrected chi connectivity index (χ2v) is 2.67. The molecular weight excluding hydrogens is 185 g/mol. The van der Waals surface area contributed by atoms with Crippen LogP contribution in [-0.4, -0.2) is 3.05 Å². The van der Waals surface area contributed by atoms with Gasteiger partial charge >= 0.3 is 0 Å². The third-order valence-corrected chi connectivity index (χ3v) is 0. The fourth-order valence-electron chi connectivity index (χ4n) is 0. The Morgan fingerprint density at radius 3 is 2.00 bits per heavy atom. The first-order valence-electron chi connectivity index (χ1n) is 0.663. The number of hydrogen-bond acceptors (Lipinski definition) is 1. The van der Waals surface area contributed by atoms with E-state index in [1.54, 1.807) is 22.6 Å². The summed E-state index contributed by atoms with van der Waals surface area (Å²) in [4.78, 5) is 0. The number of hydrogen-bond donors (Lipinski definition) is 2. The molecule has 0 aromatic rings. The minimum atomic E-state index is 0.331. The molecule has 0 amide bonds. The molecule has 0 saturated carbocycles. The SMILES string of the molecule is N=C(S)I. The summed E-state index contributed by atoms with van der Waals surface area (Å²) in [6.07, 6.45) is 0. The standard InChI is InChI=1S/CH2INS/c2-1(3)4/h(H2,3,4). The minimum absolute atomic E-state index is 0.331. The predicted molar refractivity (Wildman–Crippen MR) is 30.7 cm³/mol. The minimum Gasteiger partial charge on any atom is -0.289 e. The quantitative estimate of drug-likeness (QED) is 0.247. The molecule has 0 rings (SSSR count). The summed E-state index contributed by atoms with van der Waals surface area (Å²) in [5.41, 5.74) is 0. The fourth-order valence-corrected chi connectivity index (χ4v) is 0. The van der Waals surface area contributed by atoms with Crippen molar-refractivity contribution in [2.45, 2.75) is 0 Å². The Hall–Kier alpha value is 0.750. The zero-order valence-electron chi connectivity index (χ0n) is 1.83. The smallest absolute Gasteiger partial charge is 0.123 e. The van der Waals surface area contributed by atoms with Crippen LogP contribution in [0.25, 0.3) is 0 Å². The van der Waals surface area contributed by atoms with Gasteiger partial charge in [-0.1, -0.05) is 0 Å². The first-order valence-corrected chi connectivity index (χ1v) is 2.19. The fraction of sp³-hybridized carbons (Fsp3) is 0. The van der Waals surface area contributed by atoms with E-state index in [1.807, 2.05) is 0 Å². The first-order chi connectivity index (χ1) is 1.73. The van der Waals surface area contributed by atoms with E-state index in [4.69, 9.17) is 5.41 Å². The third kappa shape index (κ3) is 15.0. The van der Waals surface area contributed by atoms with Crippen molar-refractivity contribution in [1.29, 1.82) is 5.41 Å². The molecule has 0 atom stereocenters. The average Bonchev–Trinajstić information content (AvgIpc) is 0.811. The average molecular weight is 187 g/mol. The van der Waals surface area contributed by atoms with Crippen LogP contribution in [0.3, 0.4) is 0 Å². The van der Waals surface area contributed by atoms with Crippen molar-refractivity contribution in [2.75, 3.05) is 0 Å². The van der Waals surface area contributed by atoms with E-state index in [2.05, 4.69) is 12.6 Å². The molecule has 0 saturated heterocycles. The van der Waals surface area contributed by atoms with Crippen molar-refractivity contribution in [1.82, 2.24) is 0 Å². The summed E-state index contributed by atoms with van der Waals surface area (Å²) in [5.74, 6) is 0. The Morgan fingerprint density at radius 2 is 2.00 bits per heavy atom. The largest absolute Gasteiger partial charge is 0.289 e. The van der Waals surface area contributed by atoms with E-state index in [0.717, 1.165) is 0 Å². The monoisotopic (exact) mass is 187 g/mol. The second kappa shape index (κ2) is 2.02. The maximum Gasteiger partial charge on any atom is 0.123 e. The van der Waals surface area contributed by atoms with Gasteiger partial charge in [0.25, 0.3) is 0 Å². The summed E-state index contributed by atoms with van der Waals surface area (Å²) in [7, 11) is 0. The lowest BCUT2D eigenvalue weighted by molar-refractivity contribution is 1.60. The van der Waals surface area contributed by atoms with Crippen LogP contribution in [-0.2, 0) is 0 Å². The molecule has 3 heteroatoms. The molecule has 1 N–H and O–H groups in total. The Kier molecular flexibility index (Phi) is 2.39. The van der Waals surface area contributed by atoms with Crippen molar-refractivity contribution >= 4 is 38.3 Å². The van der Waals surface area contributed by atoms with E-state index in [1.165, 1.54) is 0 Å². The Balaban J connectivity index is 2.80. The van der Waals surface area contributed by atoms with Crippen LogP contribution in [0.5, 0.6) is 0 Å². The maximum absolute atomic E-state index is 6.35. The van der Waals surface area contributed by atoms with Crippen molar-refractivity contribution < 1.29 is 0 Å². The molecule has 0 unspecified atom stereocenters. The predicted octanol–water partition coefficient (Wildman–Crippen LogP) is 1.29. The molecule has 0 radical (unpaired) electrons. The number of halogens is 1. The lowest BCUT2D eigenvalue weighted by Gasteiger charge is -1.58. The zero-order valence-corrected chi connectivity index (χ0v) is 4.88. The molecule has 4 heavy (non-hydrogen) atoms. The Labute approximate surface area is 43.8 Å². The van der Waals surface area contributed by atoms with Crippen molar-refractivity contribution in [3.63, 3.8) is 0 Å². The van der Waals surface area contributed by atoms with Crippen LogP contribution in [0.1, 0.15) is 0 Å². The van der Waals surface area contributed by atoms with Gasteiger partial charge in [0.2, 0.25) is 0 Å². The maximum atomic E-state index is 6.35. The topological polar surface area (TPSA) is 23.9 Å². The van der Waals surface area contributed by atoms with Gasteiger partial charge in [-0.15, -0.1) is 12.6 Å². The molecular formula is CH2INS. The summed E-state index contributed by atoms with van der Waals surface area (Å²) < 4.78 is 0.331. The molecule has 24 valence electrons. The van der Waals surface area contributed by atoms with Gasteiger partial charge in [0.1, 0.15) is 3.05 Å². The summed E-state index contributed by atoms with van der Waals surface area (Å²) in [6, 6.07) is 0. The molecule has 0 aromatic carbocycles. The second-order valence-electron chi connectivity index (χ2n) is 0.291. The van der Waals surface area contributed by atoms with E-state index in [-0.39, 0.29) is 0 Å². The van der Waals surface area contributed by atoms with Crippen LogP contribution in [0, 0.1) is 5.41 Å². The number of nitrogens with one attached hydrogen (secondary N) is 1. The summed E-state index contributed by atoms with van der Waals surface area (Å²) in [6.45, 7) is 0. The molecule has 0 bridgehead atoms. The lowest BCUT2D eigenvalue weighted by Crippen LogP contribution is -1.49. The highest BCUT2D eigenvalue weighted by molar-refractivity contribution is 14.1. The summed E-state index contributed by atoms with van der Waals surface area (Å²) >= 11 is 5.33. The Morgan fingerprint density at radius 1 is 2.00 bits per heavy atom. The molecule has 1 nitrogen and oxygen atoms in total. The van der Waals surface area contributed by atoms with Gasteiger partial charge in [0, 0.05) is 0 Å². The zero-order chi connectivity index (χ0) is 3.58. The molecule has 0 aliphatic carbocycles. The van der Waals surface area contributed by atoms with Gasteiger partial charge in [0.15, 0.2) is 0 Å². The van der Waals surface area contributed by atoms with Crippen LogP contribution in [0.4, 0.5) is 0 Å². The first kappa shape index (κ1) is 4.75. The number of thiol groups is 1. The van der Waals surface area contributed by atoms with Crippen molar-refractivity contribution in [2.24, 2.45) is 0 Å². The van der Waals surface area contributed by atoms with Crippen LogP contribution in [0.2, 0.25) is 0 Å². The third-order valence-electron chi connectivity index (χ3n) is 0. The Bertz CT molecular complexity index is 31.0. The molecule has 0 spiro atoms. The van der Waals surface area contributed by atoms with Gasteiger partial charge in [-0.25, -0.2) is 0 Å². The van der Waals surface area contributed by atoms with Crippen LogP contribution < -0.4 is 0 Å². The molecule has 0 heterocycles. The van der Waals surface area contributed by atoms with Gasteiger partial charge in [-0.2, -0.15) is 0 Å². The lowest BCUT2D eigenvalue weighted by atomic mass is 11.7. The van der Waals surface area contributed by atoms with E-state index >= 15 is 0 Å². The molecule has 0 aromatic heterocycles. The van der Waals surface area contributed by atoms with E-state index in [0.29, 0.717) is 3.05 Å². The van der Waals surface area contributed by atoms with Crippen molar-refractivity contribution in [3.8, 4) is 0 Å². The molecule has 0 aliphatic rings. The van der Waals surface area contributed by atoms with E-state index < -0.39 is 0 Å². The molecule has 0 aliphatic heterocycles. The van der Waals surface area contributed by atoms with Gasteiger partial charge < -0.3 is 0 Å². The van der Waals surface area contributed by atoms with Gasteiger partial charge in [-0.3, -0.25) is 5.41 Å². The highest BCUT2D eigenvalue weighted by atomic mass is 127. The molecule has 0 fully saturated rings. The number of rotatable bonds is 0. The van der Waals surface area contributed by atoms with Gasteiger partial charge in [0.05, 0.1) is 0 Å². The highest BCUT2D eigenvalue weighted by Crippen LogP contribution is 1.86. The van der Waals surface area contributed by atoms with Crippen LogP contribution in [0.15, 0.2) is 0 Å². The highest BCUT2D eigenvalue weighted by Gasteiger charge is 1.59. The summed E-state index contributed by atoms with van der Waals surface area (Å²) in [5, 5.41) is 6.35. The van der Waals surface area contributed by atoms with Gasteiger partial charge in [-0.05, 0) is 22.6 Å².